The maximum atomic E-state index is 13.5. The van der Waals surface area contributed by atoms with E-state index < -0.39 is 17.5 Å². The topological polar surface area (TPSA) is 68.6 Å². The molecule has 0 bridgehead atoms. The quantitative estimate of drug-likeness (QED) is 0.322. The van der Waals surface area contributed by atoms with Crippen molar-refractivity contribution in [2.45, 2.75) is 53.2 Å². The van der Waals surface area contributed by atoms with Crippen LogP contribution in [0.5, 0.6) is 0 Å². The number of hydrogen-bond acceptors (Lipinski definition) is 4. The van der Waals surface area contributed by atoms with Gasteiger partial charge in [0.05, 0.1) is 12.1 Å². The number of amides is 1. The van der Waals surface area contributed by atoms with Crippen LogP contribution >= 0.6 is 0 Å². The van der Waals surface area contributed by atoms with Crippen molar-refractivity contribution >= 4 is 34.8 Å². The van der Waals surface area contributed by atoms with Gasteiger partial charge in [-0.15, -0.1) is 0 Å². The summed E-state index contributed by atoms with van der Waals surface area (Å²) < 4.78 is 20.5. The van der Waals surface area contributed by atoms with Crippen LogP contribution in [0, 0.1) is 12.7 Å². The molecule has 3 aromatic rings. The molecule has 0 aliphatic carbocycles. The highest BCUT2D eigenvalue weighted by atomic mass is 19.1. The highest BCUT2D eigenvalue weighted by molar-refractivity contribution is 6.03. The molecule has 0 fully saturated rings. The Balaban J connectivity index is 1.89. The molecule has 0 atom stereocenters. The Kier molecular flexibility index (Phi) is 7.58. The second kappa shape index (κ2) is 10.3. The fraction of sp³-hybridized carbons (Fsp3) is 0.321. The van der Waals surface area contributed by atoms with Gasteiger partial charge in [0.15, 0.2) is 5.78 Å². The molecule has 35 heavy (non-hydrogen) atoms. The van der Waals surface area contributed by atoms with E-state index in [2.05, 4.69) is 0 Å². The van der Waals surface area contributed by atoms with Crippen LogP contribution in [-0.2, 0) is 9.53 Å². The number of hydrogen-bond donors (Lipinski definition) is 0. The van der Waals surface area contributed by atoms with Crippen molar-refractivity contribution in [1.29, 1.82) is 0 Å². The van der Waals surface area contributed by atoms with E-state index in [9.17, 15) is 18.8 Å². The molecule has 1 amide bonds. The highest BCUT2D eigenvalue weighted by Gasteiger charge is 2.22. The molecule has 6 nitrogen and oxygen atoms in total. The smallest absolute Gasteiger partial charge is 0.419 e. The fourth-order valence-corrected chi connectivity index (χ4v) is 3.64. The molecule has 0 aliphatic heterocycles. The molecule has 2 aromatic carbocycles. The largest absolute Gasteiger partial charge is 0.443 e. The second-order valence-corrected chi connectivity index (χ2v) is 9.78. The Hall–Kier alpha value is -3.74. The van der Waals surface area contributed by atoms with E-state index >= 15 is 0 Å². The van der Waals surface area contributed by atoms with E-state index in [0.717, 1.165) is 17.0 Å². The van der Waals surface area contributed by atoms with Gasteiger partial charge in [-0.2, -0.15) is 0 Å². The third kappa shape index (κ3) is 6.44. The molecule has 0 saturated heterocycles. The molecular weight excluding hydrogens is 447 g/mol. The Morgan fingerprint density at radius 3 is 2.46 bits per heavy atom. The summed E-state index contributed by atoms with van der Waals surface area (Å²) in [7, 11) is 0. The summed E-state index contributed by atoms with van der Waals surface area (Å²) in [6.07, 6.45) is 4.14. The lowest BCUT2D eigenvalue weighted by Crippen LogP contribution is -2.39. The molecule has 3 rings (SSSR count). The van der Waals surface area contributed by atoms with Crippen molar-refractivity contribution < 1.29 is 23.5 Å². The molecule has 184 valence electrons. The minimum Gasteiger partial charge on any atom is -0.443 e. The predicted octanol–water partition coefficient (Wildman–Crippen LogP) is 6.01. The summed E-state index contributed by atoms with van der Waals surface area (Å²) in [4.78, 5) is 39.9. The lowest BCUT2D eigenvalue weighted by molar-refractivity contribution is -0.127. The summed E-state index contributed by atoms with van der Waals surface area (Å²) in [5.41, 5.74) is 1.87. The summed E-state index contributed by atoms with van der Waals surface area (Å²) in [6, 6.07) is 10.9. The van der Waals surface area contributed by atoms with E-state index in [1.807, 2.05) is 39.0 Å². The summed E-state index contributed by atoms with van der Waals surface area (Å²) in [5, 5.41) is 0.789. The van der Waals surface area contributed by atoms with Crippen LogP contribution in [0.3, 0.4) is 0 Å². The number of halogens is 1. The lowest BCUT2D eigenvalue weighted by atomic mass is 10.1. The molecule has 0 aliphatic rings. The van der Waals surface area contributed by atoms with Gasteiger partial charge < -0.3 is 9.64 Å². The first-order valence-electron chi connectivity index (χ1n) is 11.5. The number of ketones is 1. The fourth-order valence-electron chi connectivity index (χ4n) is 3.64. The maximum Gasteiger partial charge on any atom is 0.419 e. The number of benzene rings is 2. The van der Waals surface area contributed by atoms with Crippen LogP contribution < -0.4 is 0 Å². The van der Waals surface area contributed by atoms with E-state index in [1.54, 1.807) is 33.0 Å². The van der Waals surface area contributed by atoms with Crippen molar-refractivity contribution in [3.05, 3.63) is 77.2 Å². The van der Waals surface area contributed by atoms with Gasteiger partial charge in [-0.3, -0.25) is 14.2 Å². The molecule has 1 heterocycles. The number of carbonyl (C=O) groups is 3. The minimum atomic E-state index is -0.657. The maximum absolute atomic E-state index is 13.5. The van der Waals surface area contributed by atoms with E-state index in [4.69, 9.17) is 4.74 Å². The second-order valence-electron chi connectivity index (χ2n) is 9.78. The zero-order valence-electron chi connectivity index (χ0n) is 21.0. The average molecular weight is 479 g/mol. The van der Waals surface area contributed by atoms with E-state index in [1.165, 1.54) is 33.7 Å². The molecule has 1 aromatic heterocycles. The average Bonchev–Trinajstić information content (AvgIpc) is 3.12. The van der Waals surface area contributed by atoms with Crippen molar-refractivity contribution in [2.24, 2.45) is 0 Å². The summed E-state index contributed by atoms with van der Waals surface area (Å²) in [5.74, 6) is -1.22. The Morgan fingerprint density at radius 2 is 1.83 bits per heavy atom. The van der Waals surface area contributed by atoms with E-state index in [0.29, 0.717) is 11.1 Å². The van der Waals surface area contributed by atoms with Gasteiger partial charge in [0.2, 0.25) is 5.91 Å². The number of Topliss-reactive ketones (excluding diaryl/α,β-unsaturated/α-hetero) is 1. The van der Waals surface area contributed by atoms with Crippen molar-refractivity contribution in [1.82, 2.24) is 9.47 Å². The van der Waals surface area contributed by atoms with Crippen LogP contribution in [0.15, 0.2) is 54.7 Å². The predicted molar refractivity (Wildman–Crippen MR) is 135 cm³/mol. The SMILES string of the molecule is Cc1ccc2c(/C=C/C(=O)N(CC(=O)c3cccc(F)c3)C(C)C)cn(C(=O)OC(C)(C)C)c2c1. The molecular formula is C28H31FN2O4. The number of fused-ring (bicyclic) bond motifs is 1. The van der Waals surface area contributed by atoms with Gasteiger partial charge in [-0.1, -0.05) is 24.3 Å². The first-order valence-corrected chi connectivity index (χ1v) is 11.5. The van der Waals surface area contributed by atoms with Gasteiger partial charge in [0.25, 0.3) is 0 Å². The van der Waals surface area contributed by atoms with Gasteiger partial charge in [0.1, 0.15) is 11.4 Å². The third-order valence-electron chi connectivity index (χ3n) is 5.35. The number of carbonyl (C=O) groups excluding carboxylic acids is 3. The van der Waals surface area contributed by atoms with Crippen molar-refractivity contribution in [3.8, 4) is 0 Å². The van der Waals surface area contributed by atoms with Crippen LogP contribution in [0.2, 0.25) is 0 Å². The standard InChI is InChI=1S/C28H31FN2O4/c1-18(2)30(17-25(32)20-8-7-9-22(29)15-20)26(33)13-11-21-16-31(27(34)35-28(4,5)6)24-14-19(3)10-12-23(21)24/h7-16,18H,17H2,1-6H3/b13-11+. The zero-order chi connectivity index (χ0) is 25.9. The Bertz CT molecular complexity index is 1300. The first kappa shape index (κ1) is 25.9. The van der Waals surface area contributed by atoms with Crippen LogP contribution in [0.4, 0.5) is 9.18 Å². The Labute approximate surface area is 205 Å². The normalized spacial score (nSPS) is 11.9. The van der Waals surface area contributed by atoms with Gasteiger partial charge >= 0.3 is 6.09 Å². The number of ether oxygens (including phenoxy) is 1. The number of nitrogens with zero attached hydrogens (tertiary/aromatic N) is 2. The molecule has 7 heteroatoms. The number of aromatic nitrogens is 1. The summed E-state index contributed by atoms with van der Waals surface area (Å²) in [6.45, 7) is 10.8. The summed E-state index contributed by atoms with van der Waals surface area (Å²) >= 11 is 0. The van der Waals surface area contributed by atoms with Gasteiger partial charge in [-0.25, -0.2) is 9.18 Å². The van der Waals surface area contributed by atoms with E-state index in [-0.39, 0.29) is 29.8 Å². The number of aryl methyl sites for hydroxylation is 1. The Morgan fingerprint density at radius 1 is 1.11 bits per heavy atom. The minimum absolute atomic E-state index is 0.177. The highest BCUT2D eigenvalue weighted by Crippen LogP contribution is 2.25. The third-order valence-corrected chi connectivity index (χ3v) is 5.35. The molecule has 0 spiro atoms. The molecule has 0 radical (unpaired) electrons. The molecule has 0 unspecified atom stereocenters. The zero-order valence-corrected chi connectivity index (χ0v) is 21.0. The monoisotopic (exact) mass is 478 g/mol. The van der Waals surface area contributed by atoms with Crippen molar-refractivity contribution in [2.75, 3.05) is 6.54 Å². The van der Waals surface area contributed by atoms with Crippen LogP contribution in [-0.4, -0.2) is 45.4 Å². The van der Waals surface area contributed by atoms with Gasteiger partial charge in [-0.05, 0) is 71.4 Å². The van der Waals surface area contributed by atoms with Crippen molar-refractivity contribution in [3.63, 3.8) is 0 Å². The first-order chi connectivity index (χ1) is 16.4. The molecule has 0 saturated carbocycles. The number of rotatable bonds is 6. The molecule has 0 N–H and O–H groups in total. The lowest BCUT2D eigenvalue weighted by Gasteiger charge is -2.24. The van der Waals surface area contributed by atoms with Gasteiger partial charge in [0, 0.05) is 34.8 Å². The van der Waals surface area contributed by atoms with Crippen LogP contribution in [0.1, 0.15) is 56.1 Å². The van der Waals surface area contributed by atoms with Crippen LogP contribution in [0.25, 0.3) is 17.0 Å².